The summed E-state index contributed by atoms with van der Waals surface area (Å²) >= 11 is 0. The van der Waals surface area contributed by atoms with E-state index >= 15 is 0 Å². The van der Waals surface area contributed by atoms with Crippen molar-refractivity contribution >= 4 is 11.8 Å². The van der Waals surface area contributed by atoms with E-state index in [0.29, 0.717) is 12.1 Å². The third-order valence-electron chi connectivity index (χ3n) is 3.97. The molecule has 0 saturated heterocycles. The minimum atomic E-state index is -0.752. The van der Waals surface area contributed by atoms with Gasteiger partial charge in [0.05, 0.1) is 11.6 Å². The minimum absolute atomic E-state index is 0.0255. The van der Waals surface area contributed by atoms with Crippen LogP contribution in [0.3, 0.4) is 0 Å². The minimum Gasteiger partial charge on any atom is -0.508 e. The van der Waals surface area contributed by atoms with Crippen molar-refractivity contribution in [1.82, 2.24) is 14.9 Å². The lowest BCUT2D eigenvalue weighted by atomic mass is 9.98. The Hall–Kier alpha value is -3.03. The largest absolute Gasteiger partial charge is 0.508 e. The van der Waals surface area contributed by atoms with Crippen molar-refractivity contribution in [2.24, 2.45) is 0 Å². The number of anilines is 1. The van der Waals surface area contributed by atoms with E-state index in [-0.39, 0.29) is 17.1 Å². The molecule has 1 aliphatic heterocycles. The zero-order valence-corrected chi connectivity index (χ0v) is 13.1. The monoisotopic (exact) mass is 330 g/mol. The van der Waals surface area contributed by atoms with E-state index < -0.39 is 23.3 Å². The average Bonchev–Trinajstić information content (AvgIpc) is 2.53. The number of phenolic OH excluding ortho intramolecular Hbond substituents is 1. The molecule has 0 bridgehead atoms. The maximum Gasteiger partial charge on any atom is 0.329 e. The molecule has 8 nitrogen and oxygen atoms in total. The second kappa shape index (κ2) is 6.23. The van der Waals surface area contributed by atoms with Crippen LogP contribution >= 0.6 is 0 Å². The third-order valence-corrected chi connectivity index (χ3v) is 3.97. The van der Waals surface area contributed by atoms with E-state index in [1.54, 1.807) is 12.1 Å². The van der Waals surface area contributed by atoms with Crippen LogP contribution in [0.5, 0.6) is 5.75 Å². The lowest BCUT2D eigenvalue weighted by molar-refractivity contribution is 0.248. The van der Waals surface area contributed by atoms with Crippen molar-refractivity contribution in [3.05, 3.63) is 56.2 Å². The predicted molar refractivity (Wildman–Crippen MR) is 88.3 cm³/mol. The van der Waals surface area contributed by atoms with Crippen molar-refractivity contribution in [3.8, 4) is 5.75 Å². The van der Waals surface area contributed by atoms with Gasteiger partial charge in [0.1, 0.15) is 11.6 Å². The molecule has 1 atom stereocenters. The molecular weight excluding hydrogens is 312 g/mol. The molecule has 1 aliphatic rings. The second-order valence-electron chi connectivity index (χ2n) is 5.65. The summed E-state index contributed by atoms with van der Waals surface area (Å²) in [5.74, 6) is 0.229. The molecule has 0 saturated carbocycles. The Balaban J connectivity index is 2.20. The summed E-state index contributed by atoms with van der Waals surface area (Å²) in [6, 6.07) is 5.03. The van der Waals surface area contributed by atoms with Crippen LogP contribution in [-0.2, 0) is 6.54 Å². The lowest BCUT2D eigenvalue weighted by Gasteiger charge is -2.28. The molecule has 2 heterocycles. The van der Waals surface area contributed by atoms with Gasteiger partial charge in [0, 0.05) is 6.54 Å². The van der Waals surface area contributed by atoms with Crippen LogP contribution in [0.4, 0.5) is 10.6 Å². The molecular formula is C16H18N4O4. The zero-order valence-electron chi connectivity index (χ0n) is 13.1. The van der Waals surface area contributed by atoms with Gasteiger partial charge >= 0.3 is 11.7 Å². The highest BCUT2D eigenvalue weighted by Gasteiger charge is 2.31. The zero-order chi connectivity index (χ0) is 17.3. The van der Waals surface area contributed by atoms with Gasteiger partial charge in [0.25, 0.3) is 5.56 Å². The molecule has 0 radical (unpaired) electrons. The highest BCUT2D eigenvalue weighted by atomic mass is 16.3. The molecule has 4 N–H and O–H groups in total. The van der Waals surface area contributed by atoms with Gasteiger partial charge in [-0.15, -0.1) is 0 Å². The van der Waals surface area contributed by atoms with Crippen molar-refractivity contribution in [1.29, 1.82) is 0 Å². The Kier molecular flexibility index (Phi) is 4.11. The quantitative estimate of drug-likeness (QED) is 0.675. The molecule has 1 aromatic carbocycles. The van der Waals surface area contributed by atoms with Crippen LogP contribution in [0, 0.1) is 0 Å². The first-order valence-corrected chi connectivity index (χ1v) is 7.74. The normalized spacial score (nSPS) is 16.2. The summed E-state index contributed by atoms with van der Waals surface area (Å²) in [5.41, 5.74) is -0.319. The Morgan fingerprint density at radius 1 is 1.25 bits per heavy atom. The fraction of sp³-hybridized carbons (Fsp3) is 0.312. The first kappa shape index (κ1) is 15.9. The lowest BCUT2D eigenvalue weighted by Crippen LogP contribution is -2.46. The topological polar surface area (TPSA) is 116 Å². The number of urea groups is 1. The van der Waals surface area contributed by atoms with E-state index in [0.717, 1.165) is 12.8 Å². The summed E-state index contributed by atoms with van der Waals surface area (Å²) in [6.07, 6.45) is 1.60. The number of hydrogen-bond acceptors (Lipinski definition) is 4. The number of nitrogens with one attached hydrogen (secondary N) is 3. The fourth-order valence-corrected chi connectivity index (χ4v) is 2.82. The first-order valence-electron chi connectivity index (χ1n) is 7.74. The number of fused-ring (bicyclic) bond motifs is 1. The van der Waals surface area contributed by atoms with Gasteiger partial charge in [-0.25, -0.2) is 9.59 Å². The molecule has 1 aromatic heterocycles. The second-order valence-corrected chi connectivity index (χ2v) is 5.65. The number of carbonyl (C=O) groups is 1. The highest BCUT2D eigenvalue weighted by Crippen LogP contribution is 2.29. The van der Waals surface area contributed by atoms with E-state index in [4.69, 9.17) is 0 Å². The van der Waals surface area contributed by atoms with Crippen molar-refractivity contribution < 1.29 is 9.90 Å². The van der Waals surface area contributed by atoms with Crippen LogP contribution in [0.2, 0.25) is 0 Å². The Bertz CT molecular complexity index is 900. The predicted octanol–water partition coefficient (Wildman–Crippen LogP) is 1.27. The number of unbranched alkanes of at least 4 members (excludes halogenated alkanes) is 1. The number of aromatic amines is 1. The first-order chi connectivity index (χ1) is 11.5. The Morgan fingerprint density at radius 2 is 2.04 bits per heavy atom. The smallest absolute Gasteiger partial charge is 0.329 e. The van der Waals surface area contributed by atoms with E-state index in [1.807, 2.05) is 6.92 Å². The SMILES string of the molecule is CCCCn1c2c(c(=O)[nH]c1=O)[C@@H](c1cccc(O)c1)NC(=O)N2. The van der Waals surface area contributed by atoms with Crippen molar-refractivity contribution in [3.63, 3.8) is 0 Å². The number of carbonyl (C=O) groups excluding carboxylic acids is 1. The maximum atomic E-state index is 12.4. The van der Waals surface area contributed by atoms with Gasteiger partial charge in [-0.2, -0.15) is 0 Å². The standard InChI is InChI=1S/C16H18N4O4/c1-2-3-7-20-13-11(14(22)19-16(20)24)12(17-15(23)18-13)9-5-4-6-10(21)8-9/h4-6,8,12,21H,2-3,7H2,1H3,(H2,17,18,23)(H,19,22,24)/t12-/m1/s1. The molecule has 24 heavy (non-hydrogen) atoms. The van der Waals surface area contributed by atoms with Crippen LogP contribution in [0.15, 0.2) is 33.9 Å². The molecule has 126 valence electrons. The number of aromatic nitrogens is 2. The van der Waals surface area contributed by atoms with E-state index in [2.05, 4.69) is 15.6 Å². The molecule has 0 aliphatic carbocycles. The van der Waals surface area contributed by atoms with Crippen LogP contribution in [0.25, 0.3) is 0 Å². The summed E-state index contributed by atoms with van der Waals surface area (Å²) < 4.78 is 1.37. The van der Waals surface area contributed by atoms with E-state index in [9.17, 15) is 19.5 Å². The van der Waals surface area contributed by atoms with Gasteiger partial charge in [0.15, 0.2) is 0 Å². The number of hydrogen-bond donors (Lipinski definition) is 4. The van der Waals surface area contributed by atoms with Gasteiger partial charge in [0.2, 0.25) is 0 Å². The summed E-state index contributed by atoms with van der Waals surface area (Å²) in [4.78, 5) is 38.8. The molecule has 2 amide bonds. The van der Waals surface area contributed by atoms with Crippen LogP contribution in [-0.4, -0.2) is 20.7 Å². The maximum absolute atomic E-state index is 12.4. The van der Waals surface area contributed by atoms with E-state index in [1.165, 1.54) is 16.7 Å². The molecule has 0 unspecified atom stereocenters. The van der Waals surface area contributed by atoms with Gasteiger partial charge in [-0.05, 0) is 24.1 Å². The number of benzene rings is 1. The number of aromatic hydroxyl groups is 1. The fourth-order valence-electron chi connectivity index (χ4n) is 2.82. The number of nitrogens with zero attached hydrogens (tertiary/aromatic N) is 1. The average molecular weight is 330 g/mol. The van der Waals surface area contributed by atoms with Crippen molar-refractivity contribution in [2.75, 3.05) is 5.32 Å². The molecule has 0 spiro atoms. The summed E-state index contributed by atoms with van der Waals surface area (Å²) in [6.45, 7) is 2.38. The Morgan fingerprint density at radius 3 is 2.75 bits per heavy atom. The molecule has 2 aromatic rings. The third kappa shape index (κ3) is 2.78. The van der Waals surface area contributed by atoms with Crippen molar-refractivity contribution in [2.45, 2.75) is 32.4 Å². The number of amides is 2. The summed E-state index contributed by atoms with van der Waals surface area (Å²) in [7, 11) is 0. The highest BCUT2D eigenvalue weighted by molar-refractivity contribution is 5.92. The van der Waals surface area contributed by atoms with Gasteiger partial charge in [-0.3, -0.25) is 19.7 Å². The molecule has 0 fully saturated rings. The van der Waals surface area contributed by atoms with Gasteiger partial charge < -0.3 is 10.4 Å². The number of phenols is 1. The molecule has 3 rings (SSSR count). The Labute approximate surface area is 137 Å². The number of rotatable bonds is 4. The van der Waals surface area contributed by atoms with Gasteiger partial charge in [-0.1, -0.05) is 25.5 Å². The molecule has 8 heteroatoms. The van der Waals surface area contributed by atoms with Crippen LogP contribution < -0.4 is 21.9 Å². The number of H-pyrrole nitrogens is 1. The summed E-state index contributed by atoms with van der Waals surface area (Å²) in [5, 5.41) is 14.9. The van der Waals surface area contributed by atoms with Crippen LogP contribution in [0.1, 0.15) is 36.9 Å².